The number of aryl methyl sites for hydroxylation is 2. The van der Waals surface area contributed by atoms with E-state index in [0.717, 1.165) is 44.5 Å². The molecule has 1 aliphatic rings. The van der Waals surface area contributed by atoms with E-state index in [9.17, 15) is 4.79 Å². The highest BCUT2D eigenvalue weighted by Crippen LogP contribution is 2.20. The van der Waals surface area contributed by atoms with Crippen molar-refractivity contribution < 1.29 is 4.79 Å². The molecule has 0 spiro atoms. The first-order valence-corrected chi connectivity index (χ1v) is 9.01. The van der Waals surface area contributed by atoms with Crippen molar-refractivity contribution in [1.29, 1.82) is 0 Å². The number of carbonyl (C=O) groups excluding carboxylic acids is 1. The lowest BCUT2D eigenvalue weighted by Crippen LogP contribution is -2.47. The number of hydrogen-bond donors (Lipinski definition) is 1. The van der Waals surface area contributed by atoms with E-state index in [-0.39, 0.29) is 12.0 Å². The van der Waals surface area contributed by atoms with E-state index in [1.54, 1.807) is 0 Å². The van der Waals surface area contributed by atoms with Crippen molar-refractivity contribution in [2.45, 2.75) is 65.5 Å². The summed E-state index contributed by atoms with van der Waals surface area (Å²) in [6, 6.07) is 2.86. The van der Waals surface area contributed by atoms with E-state index in [4.69, 9.17) is 0 Å². The topological polar surface area (TPSA) is 50.2 Å². The summed E-state index contributed by atoms with van der Waals surface area (Å²) in [5.74, 6) is 0.553. The molecule has 1 amide bonds. The molecule has 1 aromatic rings. The van der Waals surface area contributed by atoms with E-state index in [1.165, 1.54) is 5.69 Å². The third-order valence-electron chi connectivity index (χ3n) is 5.20. The van der Waals surface area contributed by atoms with E-state index in [1.807, 2.05) is 11.7 Å². The molecule has 0 bridgehead atoms. The summed E-state index contributed by atoms with van der Waals surface area (Å²) in [7, 11) is 1.98. The third kappa shape index (κ3) is 4.34. The van der Waals surface area contributed by atoms with Gasteiger partial charge in [-0.25, -0.2) is 0 Å². The van der Waals surface area contributed by atoms with Gasteiger partial charge in [0.1, 0.15) is 0 Å². The normalized spacial score (nSPS) is 17.7. The molecule has 1 aliphatic heterocycles. The zero-order valence-corrected chi connectivity index (χ0v) is 15.3. The Balaban J connectivity index is 1.83. The second-order valence-corrected chi connectivity index (χ2v) is 6.84. The van der Waals surface area contributed by atoms with E-state index >= 15 is 0 Å². The predicted octanol–water partition coefficient (Wildman–Crippen LogP) is 2.81. The first-order valence-electron chi connectivity index (χ1n) is 9.01. The van der Waals surface area contributed by atoms with Crippen LogP contribution in [0.2, 0.25) is 0 Å². The van der Waals surface area contributed by atoms with Crippen molar-refractivity contribution >= 4 is 5.91 Å². The molecule has 0 aliphatic carbocycles. The lowest BCUT2D eigenvalue weighted by molar-refractivity contribution is -0.136. The zero-order valence-electron chi connectivity index (χ0n) is 15.3. The van der Waals surface area contributed by atoms with Gasteiger partial charge in [-0.3, -0.25) is 9.48 Å². The van der Waals surface area contributed by atoms with Gasteiger partial charge in [-0.2, -0.15) is 5.10 Å². The fourth-order valence-corrected chi connectivity index (χ4v) is 3.40. The molecule has 0 saturated carbocycles. The molecule has 1 atom stereocenters. The van der Waals surface area contributed by atoms with Crippen LogP contribution in [0.4, 0.5) is 0 Å². The average molecular weight is 320 g/mol. The minimum atomic E-state index is 0.204. The standard InChI is InChI=1S/C18H32N4O/c1-6-15(7-2)18(23)22-10-8-16(9-11-22)19-14(4)17-12-13(3)21(5)20-17/h12,14-16,19H,6-11H2,1-5H3. The van der Waals surface area contributed by atoms with Gasteiger partial charge in [0, 0.05) is 43.8 Å². The molecule has 2 heterocycles. The second-order valence-electron chi connectivity index (χ2n) is 6.84. The smallest absolute Gasteiger partial charge is 0.225 e. The van der Waals surface area contributed by atoms with Crippen LogP contribution in [0.25, 0.3) is 0 Å². The van der Waals surface area contributed by atoms with Gasteiger partial charge in [-0.15, -0.1) is 0 Å². The third-order valence-corrected chi connectivity index (χ3v) is 5.20. The maximum absolute atomic E-state index is 12.4. The molecule has 2 rings (SSSR count). The minimum Gasteiger partial charge on any atom is -0.342 e. The Bertz CT molecular complexity index is 494. The van der Waals surface area contributed by atoms with Gasteiger partial charge in [-0.05, 0) is 45.6 Å². The van der Waals surface area contributed by atoms with Crippen LogP contribution in [-0.4, -0.2) is 39.7 Å². The molecule has 1 fully saturated rings. The highest BCUT2D eigenvalue weighted by Gasteiger charge is 2.27. The van der Waals surface area contributed by atoms with Crippen LogP contribution in [0.1, 0.15) is 63.9 Å². The van der Waals surface area contributed by atoms with Crippen LogP contribution >= 0.6 is 0 Å². The molecule has 0 radical (unpaired) electrons. The van der Waals surface area contributed by atoms with Crippen molar-refractivity contribution in [1.82, 2.24) is 20.0 Å². The minimum absolute atomic E-state index is 0.204. The molecule has 1 unspecified atom stereocenters. The number of carbonyl (C=O) groups is 1. The summed E-state index contributed by atoms with van der Waals surface area (Å²) in [5, 5.41) is 8.23. The van der Waals surface area contributed by atoms with E-state index < -0.39 is 0 Å². The Morgan fingerprint density at radius 2 is 1.96 bits per heavy atom. The number of likely N-dealkylation sites (tertiary alicyclic amines) is 1. The summed E-state index contributed by atoms with van der Waals surface area (Å²) in [6.45, 7) is 10.2. The lowest BCUT2D eigenvalue weighted by atomic mass is 9.98. The van der Waals surface area contributed by atoms with Gasteiger partial charge >= 0.3 is 0 Å². The number of hydrogen-bond acceptors (Lipinski definition) is 3. The van der Waals surface area contributed by atoms with Crippen molar-refractivity contribution in [2.75, 3.05) is 13.1 Å². The summed E-state index contributed by atoms with van der Waals surface area (Å²) in [4.78, 5) is 14.5. The van der Waals surface area contributed by atoms with Crippen molar-refractivity contribution in [3.05, 3.63) is 17.5 Å². The lowest BCUT2D eigenvalue weighted by Gasteiger charge is -2.35. The first kappa shape index (κ1) is 18.0. The van der Waals surface area contributed by atoms with Gasteiger partial charge in [0.25, 0.3) is 0 Å². The van der Waals surface area contributed by atoms with Gasteiger partial charge in [0.15, 0.2) is 0 Å². The SMILES string of the molecule is CCC(CC)C(=O)N1CCC(NC(C)c2cc(C)n(C)n2)CC1. The van der Waals surface area contributed by atoms with Crippen molar-refractivity contribution in [3.63, 3.8) is 0 Å². The van der Waals surface area contributed by atoms with Crippen LogP contribution in [0.5, 0.6) is 0 Å². The molecule has 1 saturated heterocycles. The fourth-order valence-electron chi connectivity index (χ4n) is 3.40. The van der Waals surface area contributed by atoms with Gasteiger partial charge in [0.05, 0.1) is 5.69 Å². The Labute approximate surface area is 140 Å². The summed E-state index contributed by atoms with van der Waals surface area (Å²) >= 11 is 0. The average Bonchev–Trinajstić information content (AvgIpc) is 2.88. The Hall–Kier alpha value is -1.36. The Morgan fingerprint density at radius 3 is 2.43 bits per heavy atom. The highest BCUT2D eigenvalue weighted by atomic mass is 16.2. The number of aromatic nitrogens is 2. The van der Waals surface area contributed by atoms with Crippen LogP contribution in [0.15, 0.2) is 6.07 Å². The molecular weight excluding hydrogens is 288 g/mol. The van der Waals surface area contributed by atoms with Gasteiger partial charge < -0.3 is 10.2 Å². The number of rotatable bonds is 6. The monoisotopic (exact) mass is 320 g/mol. The van der Waals surface area contributed by atoms with Crippen LogP contribution in [-0.2, 0) is 11.8 Å². The Morgan fingerprint density at radius 1 is 1.35 bits per heavy atom. The molecule has 1 N–H and O–H groups in total. The second kappa shape index (κ2) is 7.95. The number of amides is 1. The van der Waals surface area contributed by atoms with Gasteiger partial charge in [-0.1, -0.05) is 13.8 Å². The van der Waals surface area contributed by atoms with Gasteiger partial charge in [0.2, 0.25) is 5.91 Å². The molecule has 5 heteroatoms. The summed E-state index contributed by atoms with van der Waals surface area (Å²) in [6.07, 6.45) is 3.96. The van der Waals surface area contributed by atoms with E-state index in [2.05, 4.69) is 49.1 Å². The van der Waals surface area contributed by atoms with Crippen molar-refractivity contribution in [3.8, 4) is 0 Å². The van der Waals surface area contributed by atoms with Crippen molar-refractivity contribution in [2.24, 2.45) is 13.0 Å². The number of nitrogens with zero attached hydrogens (tertiary/aromatic N) is 3. The maximum Gasteiger partial charge on any atom is 0.225 e. The van der Waals surface area contributed by atoms with Crippen LogP contribution in [0.3, 0.4) is 0 Å². The van der Waals surface area contributed by atoms with Crippen LogP contribution in [0, 0.1) is 12.8 Å². The summed E-state index contributed by atoms with van der Waals surface area (Å²) < 4.78 is 1.92. The van der Waals surface area contributed by atoms with E-state index in [0.29, 0.717) is 11.9 Å². The molecular formula is C18H32N4O. The summed E-state index contributed by atoms with van der Waals surface area (Å²) in [5.41, 5.74) is 2.28. The quantitative estimate of drug-likeness (QED) is 0.877. The molecule has 130 valence electrons. The first-order chi connectivity index (χ1) is 11.0. The fraction of sp³-hybridized carbons (Fsp3) is 0.778. The molecule has 5 nitrogen and oxygen atoms in total. The highest BCUT2D eigenvalue weighted by molar-refractivity contribution is 5.78. The maximum atomic E-state index is 12.4. The largest absolute Gasteiger partial charge is 0.342 e. The Kier molecular flexibility index (Phi) is 6.22. The number of piperidine rings is 1. The molecule has 0 aromatic carbocycles. The predicted molar refractivity (Wildman–Crippen MR) is 93.2 cm³/mol. The molecule has 1 aromatic heterocycles. The number of nitrogens with one attached hydrogen (secondary N) is 1. The van der Waals surface area contributed by atoms with Crippen LogP contribution < -0.4 is 5.32 Å². The zero-order chi connectivity index (χ0) is 17.0. The molecule has 23 heavy (non-hydrogen) atoms.